The maximum absolute atomic E-state index is 11.8. The topological polar surface area (TPSA) is 55.6 Å². The van der Waals surface area contributed by atoms with Gasteiger partial charge in [0.05, 0.1) is 6.54 Å². The quantitative estimate of drug-likeness (QED) is 0.763. The SMILES string of the molecule is CC1CCCC(CN)N1CC(=O)OC(C)(C)C. The predicted molar refractivity (Wildman–Crippen MR) is 68.7 cm³/mol. The summed E-state index contributed by atoms with van der Waals surface area (Å²) in [5.41, 5.74) is 5.36. The number of rotatable bonds is 3. The van der Waals surface area contributed by atoms with Gasteiger partial charge in [-0.2, -0.15) is 0 Å². The van der Waals surface area contributed by atoms with E-state index < -0.39 is 5.60 Å². The molecule has 2 atom stereocenters. The Morgan fingerprint density at radius 1 is 1.41 bits per heavy atom. The van der Waals surface area contributed by atoms with Crippen LogP contribution in [0.2, 0.25) is 0 Å². The average Bonchev–Trinajstić information content (AvgIpc) is 2.18. The van der Waals surface area contributed by atoms with Gasteiger partial charge >= 0.3 is 5.97 Å². The molecule has 1 rings (SSSR count). The summed E-state index contributed by atoms with van der Waals surface area (Å²) < 4.78 is 5.36. The first-order valence-electron chi connectivity index (χ1n) is 6.51. The van der Waals surface area contributed by atoms with Crippen molar-refractivity contribution < 1.29 is 9.53 Å². The van der Waals surface area contributed by atoms with Crippen LogP contribution >= 0.6 is 0 Å². The molecular weight excluding hydrogens is 216 g/mol. The van der Waals surface area contributed by atoms with Crippen molar-refractivity contribution in [3.05, 3.63) is 0 Å². The average molecular weight is 242 g/mol. The minimum absolute atomic E-state index is 0.148. The number of piperidine rings is 1. The summed E-state index contributed by atoms with van der Waals surface area (Å²) in [5.74, 6) is -0.148. The Morgan fingerprint density at radius 2 is 2.06 bits per heavy atom. The van der Waals surface area contributed by atoms with Gasteiger partial charge in [0.15, 0.2) is 0 Å². The number of likely N-dealkylation sites (tertiary alicyclic amines) is 1. The molecule has 0 saturated carbocycles. The number of hydrogen-bond donors (Lipinski definition) is 1. The molecule has 17 heavy (non-hydrogen) atoms. The van der Waals surface area contributed by atoms with Crippen LogP contribution in [0.15, 0.2) is 0 Å². The summed E-state index contributed by atoms with van der Waals surface area (Å²) in [7, 11) is 0. The molecule has 1 heterocycles. The maximum Gasteiger partial charge on any atom is 0.320 e. The fourth-order valence-electron chi connectivity index (χ4n) is 2.40. The van der Waals surface area contributed by atoms with Crippen molar-refractivity contribution in [2.24, 2.45) is 5.73 Å². The highest BCUT2D eigenvalue weighted by Crippen LogP contribution is 2.22. The van der Waals surface area contributed by atoms with Crippen molar-refractivity contribution in [2.75, 3.05) is 13.1 Å². The third-order valence-electron chi connectivity index (χ3n) is 3.20. The lowest BCUT2D eigenvalue weighted by Gasteiger charge is -2.39. The van der Waals surface area contributed by atoms with Gasteiger partial charge in [0.25, 0.3) is 0 Å². The lowest BCUT2D eigenvalue weighted by molar-refractivity contribution is -0.157. The Hall–Kier alpha value is -0.610. The standard InChI is InChI=1S/C13H26N2O2/c1-10-6-5-7-11(8-14)15(10)9-12(16)17-13(2,3)4/h10-11H,5-9,14H2,1-4H3. The summed E-state index contributed by atoms with van der Waals surface area (Å²) >= 11 is 0. The summed E-state index contributed by atoms with van der Waals surface area (Å²) in [6.07, 6.45) is 3.43. The van der Waals surface area contributed by atoms with Crippen LogP contribution in [0, 0.1) is 0 Å². The van der Waals surface area contributed by atoms with Gasteiger partial charge in [-0.05, 0) is 40.5 Å². The third kappa shape index (κ3) is 4.64. The van der Waals surface area contributed by atoms with Gasteiger partial charge in [-0.3, -0.25) is 9.69 Å². The minimum atomic E-state index is -0.408. The van der Waals surface area contributed by atoms with E-state index >= 15 is 0 Å². The zero-order chi connectivity index (χ0) is 13.1. The van der Waals surface area contributed by atoms with Crippen LogP contribution in [0.5, 0.6) is 0 Å². The summed E-state index contributed by atoms with van der Waals surface area (Å²) in [4.78, 5) is 14.0. The second-order valence-electron chi connectivity index (χ2n) is 5.93. The first-order chi connectivity index (χ1) is 7.83. The van der Waals surface area contributed by atoms with E-state index in [1.807, 2.05) is 20.8 Å². The molecule has 4 nitrogen and oxygen atoms in total. The van der Waals surface area contributed by atoms with E-state index in [9.17, 15) is 4.79 Å². The van der Waals surface area contributed by atoms with E-state index in [2.05, 4.69) is 11.8 Å². The molecule has 1 aliphatic heterocycles. The smallest absolute Gasteiger partial charge is 0.320 e. The molecule has 0 aliphatic carbocycles. The third-order valence-corrected chi connectivity index (χ3v) is 3.20. The molecule has 0 spiro atoms. The molecule has 0 amide bonds. The maximum atomic E-state index is 11.8. The van der Waals surface area contributed by atoms with Crippen molar-refractivity contribution in [1.29, 1.82) is 0 Å². The molecule has 0 aromatic carbocycles. The van der Waals surface area contributed by atoms with E-state index in [0.29, 0.717) is 25.2 Å². The number of hydrogen-bond acceptors (Lipinski definition) is 4. The summed E-state index contributed by atoms with van der Waals surface area (Å²) in [5, 5.41) is 0. The number of esters is 1. The van der Waals surface area contributed by atoms with E-state index in [4.69, 9.17) is 10.5 Å². The molecule has 0 bridgehead atoms. The van der Waals surface area contributed by atoms with Gasteiger partial charge < -0.3 is 10.5 Å². The first kappa shape index (κ1) is 14.5. The normalized spacial score (nSPS) is 26.9. The number of nitrogens with two attached hydrogens (primary N) is 1. The molecule has 2 unspecified atom stereocenters. The van der Waals surface area contributed by atoms with Crippen LogP contribution in [0.1, 0.15) is 47.0 Å². The Bertz CT molecular complexity index is 261. The molecule has 2 N–H and O–H groups in total. The van der Waals surface area contributed by atoms with E-state index in [0.717, 1.165) is 12.8 Å². The molecule has 0 aromatic rings. The van der Waals surface area contributed by atoms with Crippen LogP contribution in [-0.2, 0) is 9.53 Å². The largest absolute Gasteiger partial charge is 0.459 e. The minimum Gasteiger partial charge on any atom is -0.459 e. The highest BCUT2D eigenvalue weighted by Gasteiger charge is 2.29. The van der Waals surface area contributed by atoms with Gasteiger partial charge in [0, 0.05) is 18.6 Å². The molecule has 1 saturated heterocycles. The van der Waals surface area contributed by atoms with Crippen LogP contribution in [0.4, 0.5) is 0 Å². The van der Waals surface area contributed by atoms with Crippen molar-refractivity contribution in [1.82, 2.24) is 4.90 Å². The number of carbonyl (C=O) groups is 1. The van der Waals surface area contributed by atoms with Crippen LogP contribution in [0.25, 0.3) is 0 Å². The second-order valence-corrected chi connectivity index (χ2v) is 5.93. The zero-order valence-electron chi connectivity index (χ0n) is 11.5. The van der Waals surface area contributed by atoms with Crippen LogP contribution in [-0.4, -0.2) is 41.6 Å². The Morgan fingerprint density at radius 3 is 2.59 bits per heavy atom. The van der Waals surface area contributed by atoms with Crippen LogP contribution in [0.3, 0.4) is 0 Å². The molecular formula is C13H26N2O2. The second kappa shape index (κ2) is 5.83. The van der Waals surface area contributed by atoms with E-state index in [1.54, 1.807) is 0 Å². The monoisotopic (exact) mass is 242 g/mol. The number of carbonyl (C=O) groups excluding carboxylic acids is 1. The number of nitrogens with zero attached hydrogens (tertiary/aromatic N) is 1. The zero-order valence-corrected chi connectivity index (χ0v) is 11.5. The van der Waals surface area contributed by atoms with E-state index in [1.165, 1.54) is 6.42 Å². The Labute approximate surface area is 104 Å². The Kier molecular flexibility index (Phi) is 4.95. The summed E-state index contributed by atoms with van der Waals surface area (Å²) in [6.45, 7) is 8.82. The fourth-order valence-corrected chi connectivity index (χ4v) is 2.40. The van der Waals surface area contributed by atoms with Crippen molar-refractivity contribution in [3.8, 4) is 0 Å². The van der Waals surface area contributed by atoms with Gasteiger partial charge in [0.2, 0.25) is 0 Å². The molecule has 1 fully saturated rings. The predicted octanol–water partition coefficient (Wildman–Crippen LogP) is 1.53. The van der Waals surface area contributed by atoms with Crippen molar-refractivity contribution in [3.63, 3.8) is 0 Å². The molecule has 100 valence electrons. The Balaban J connectivity index is 2.55. The lowest BCUT2D eigenvalue weighted by atomic mass is 9.96. The molecule has 1 aliphatic rings. The van der Waals surface area contributed by atoms with E-state index in [-0.39, 0.29) is 5.97 Å². The molecule has 0 aromatic heterocycles. The summed E-state index contributed by atoms with van der Waals surface area (Å²) in [6, 6.07) is 0.746. The van der Waals surface area contributed by atoms with Gasteiger partial charge in [-0.25, -0.2) is 0 Å². The number of ether oxygens (including phenoxy) is 1. The first-order valence-corrected chi connectivity index (χ1v) is 6.51. The van der Waals surface area contributed by atoms with Gasteiger partial charge in [-0.15, -0.1) is 0 Å². The fraction of sp³-hybridized carbons (Fsp3) is 0.923. The molecule has 0 radical (unpaired) electrons. The van der Waals surface area contributed by atoms with Crippen molar-refractivity contribution in [2.45, 2.75) is 64.6 Å². The van der Waals surface area contributed by atoms with Gasteiger partial charge in [0.1, 0.15) is 5.60 Å². The highest BCUT2D eigenvalue weighted by atomic mass is 16.6. The lowest BCUT2D eigenvalue weighted by Crippen LogP contribution is -2.51. The van der Waals surface area contributed by atoms with Crippen LogP contribution < -0.4 is 5.73 Å². The van der Waals surface area contributed by atoms with Crippen molar-refractivity contribution >= 4 is 5.97 Å². The van der Waals surface area contributed by atoms with Gasteiger partial charge in [-0.1, -0.05) is 6.42 Å². The molecule has 4 heteroatoms. The highest BCUT2D eigenvalue weighted by molar-refractivity contribution is 5.72.